The van der Waals surface area contributed by atoms with Crippen molar-refractivity contribution in [1.82, 2.24) is 0 Å². The van der Waals surface area contributed by atoms with Crippen molar-refractivity contribution in [3.63, 3.8) is 0 Å². The van der Waals surface area contributed by atoms with Crippen LogP contribution in [0, 0.1) is 0 Å². The van der Waals surface area contributed by atoms with Crippen LogP contribution in [0.3, 0.4) is 0 Å². The summed E-state index contributed by atoms with van der Waals surface area (Å²) in [5.74, 6) is 0. The first kappa shape index (κ1) is 28.5. The van der Waals surface area contributed by atoms with E-state index in [0.29, 0.717) is 0 Å². The van der Waals surface area contributed by atoms with Crippen molar-refractivity contribution in [2.75, 3.05) is 0 Å². The van der Waals surface area contributed by atoms with Gasteiger partial charge in [-0.2, -0.15) is 0 Å². The summed E-state index contributed by atoms with van der Waals surface area (Å²) in [5, 5.41) is 11.6. The van der Waals surface area contributed by atoms with Gasteiger partial charge in [-0.25, -0.2) is 0 Å². The summed E-state index contributed by atoms with van der Waals surface area (Å²) in [5.41, 5.74) is 4.63. The lowest BCUT2D eigenvalue weighted by molar-refractivity contribution is 0.593. The zero-order chi connectivity index (χ0) is 32.1. The molecule has 0 spiro atoms. The molecule has 48 heavy (non-hydrogen) atoms. The predicted molar refractivity (Wildman–Crippen MR) is 207 cm³/mol. The molecule has 0 aliphatic carbocycles. The third-order valence-corrected chi connectivity index (χ3v) is 12.9. The molecule has 9 aromatic carbocycles. The van der Waals surface area contributed by atoms with Gasteiger partial charge in [0.2, 0.25) is 0 Å². The molecule has 0 N–H and O–H groups in total. The van der Waals surface area contributed by atoms with Gasteiger partial charge in [-0.3, -0.25) is 0 Å². The number of benzene rings is 9. The van der Waals surface area contributed by atoms with Gasteiger partial charge in [-0.1, -0.05) is 176 Å². The highest BCUT2D eigenvalue weighted by Crippen LogP contribution is 2.48. The van der Waals surface area contributed by atoms with Crippen molar-refractivity contribution in [3.05, 3.63) is 188 Å². The molecule has 0 heterocycles. The quantitative estimate of drug-likeness (QED) is 0.173. The Hall–Kier alpha value is -5.75. The van der Waals surface area contributed by atoms with Crippen LogP contribution >= 0.6 is 7.14 Å². The van der Waals surface area contributed by atoms with Gasteiger partial charge < -0.3 is 4.57 Å². The molecule has 9 aromatic rings. The maximum atomic E-state index is 16.4. The fraction of sp³-hybridized carbons (Fsp3) is 0. The zero-order valence-corrected chi connectivity index (χ0v) is 27.1. The van der Waals surface area contributed by atoms with E-state index in [1.54, 1.807) is 0 Å². The fourth-order valence-electron chi connectivity index (χ4n) is 7.55. The van der Waals surface area contributed by atoms with Gasteiger partial charge in [0.1, 0.15) is 0 Å². The second-order valence-electron chi connectivity index (χ2n) is 12.4. The van der Waals surface area contributed by atoms with Crippen LogP contribution in [-0.4, -0.2) is 0 Å². The third-order valence-electron chi connectivity index (χ3n) is 9.76. The summed E-state index contributed by atoms with van der Waals surface area (Å²) in [7, 11) is -3.39. The standard InChI is InChI=1S/C46H31OP/c47-48(34-18-2-1-3-19-34,45-30-28-41(39-22-8-10-24-43(39)45)37-26-12-16-32-14-4-6-20-35(32)37)46-31-29-42(40-23-9-11-25-44(40)46)38-27-13-17-33-15-5-7-21-36(33)38/h1-31H. The van der Waals surface area contributed by atoms with Crippen molar-refractivity contribution in [3.8, 4) is 22.3 Å². The van der Waals surface area contributed by atoms with E-state index in [0.717, 1.165) is 48.6 Å². The lowest BCUT2D eigenvalue weighted by atomic mass is 9.94. The number of fused-ring (bicyclic) bond motifs is 4. The highest BCUT2D eigenvalue weighted by atomic mass is 31.2. The highest BCUT2D eigenvalue weighted by molar-refractivity contribution is 7.86. The Bertz CT molecular complexity index is 2530. The van der Waals surface area contributed by atoms with E-state index in [1.807, 2.05) is 30.3 Å². The summed E-state index contributed by atoms with van der Waals surface area (Å²) in [6.07, 6.45) is 0. The molecule has 0 aliphatic heterocycles. The molecule has 0 saturated heterocycles. The Morgan fingerprint density at radius 3 is 1.10 bits per heavy atom. The van der Waals surface area contributed by atoms with E-state index >= 15 is 4.57 Å². The van der Waals surface area contributed by atoms with Gasteiger partial charge >= 0.3 is 0 Å². The Morgan fingerprint density at radius 1 is 0.271 bits per heavy atom. The normalized spacial score (nSPS) is 11.8. The molecular formula is C46H31OP. The smallest absolute Gasteiger partial charge is 0.172 e. The van der Waals surface area contributed by atoms with Crippen molar-refractivity contribution in [2.24, 2.45) is 0 Å². The minimum atomic E-state index is -3.39. The van der Waals surface area contributed by atoms with Crippen LogP contribution in [0.5, 0.6) is 0 Å². The number of hydrogen-bond acceptors (Lipinski definition) is 1. The maximum absolute atomic E-state index is 16.4. The van der Waals surface area contributed by atoms with Crippen LogP contribution in [0.25, 0.3) is 65.3 Å². The molecule has 2 heteroatoms. The zero-order valence-electron chi connectivity index (χ0n) is 26.3. The molecule has 0 atom stereocenters. The molecule has 9 rings (SSSR count). The lowest BCUT2D eigenvalue weighted by Crippen LogP contribution is -2.26. The molecule has 1 nitrogen and oxygen atoms in total. The maximum Gasteiger partial charge on any atom is 0.172 e. The van der Waals surface area contributed by atoms with Gasteiger partial charge in [0.15, 0.2) is 7.14 Å². The molecule has 0 aromatic heterocycles. The Labute approximate surface area is 280 Å². The molecule has 0 aliphatic rings. The monoisotopic (exact) mass is 630 g/mol. The molecule has 0 unspecified atom stereocenters. The van der Waals surface area contributed by atoms with E-state index in [2.05, 4.69) is 158 Å². The van der Waals surface area contributed by atoms with E-state index in [9.17, 15) is 0 Å². The molecular weight excluding hydrogens is 599 g/mol. The lowest BCUT2D eigenvalue weighted by Gasteiger charge is -2.25. The van der Waals surface area contributed by atoms with Crippen molar-refractivity contribution in [1.29, 1.82) is 0 Å². The Kier molecular flexibility index (Phi) is 6.82. The van der Waals surface area contributed by atoms with Crippen LogP contribution in [0.4, 0.5) is 0 Å². The van der Waals surface area contributed by atoms with Crippen LogP contribution in [0.1, 0.15) is 0 Å². The third kappa shape index (κ3) is 4.43. The average molecular weight is 631 g/mol. The molecule has 0 radical (unpaired) electrons. The summed E-state index contributed by atoms with van der Waals surface area (Å²) >= 11 is 0. The largest absolute Gasteiger partial charge is 0.309 e. The van der Waals surface area contributed by atoms with Crippen LogP contribution < -0.4 is 15.9 Å². The Balaban J connectivity index is 1.34. The topological polar surface area (TPSA) is 17.1 Å². The minimum Gasteiger partial charge on any atom is -0.309 e. The number of rotatable bonds is 5. The first-order valence-electron chi connectivity index (χ1n) is 16.4. The summed E-state index contributed by atoms with van der Waals surface area (Å²) < 4.78 is 16.4. The van der Waals surface area contributed by atoms with Gasteiger partial charge in [-0.05, 0) is 77.5 Å². The number of hydrogen-bond donors (Lipinski definition) is 0. The first-order valence-corrected chi connectivity index (χ1v) is 18.1. The van der Waals surface area contributed by atoms with Gasteiger partial charge in [-0.15, -0.1) is 0 Å². The fourth-order valence-corrected chi connectivity index (χ4v) is 10.6. The summed E-state index contributed by atoms with van der Waals surface area (Å²) in [6.45, 7) is 0. The second kappa shape index (κ2) is 11.5. The molecule has 0 amide bonds. The minimum absolute atomic E-state index is 0.830. The van der Waals surface area contributed by atoms with Gasteiger partial charge in [0.25, 0.3) is 0 Å². The summed E-state index contributed by atoms with van der Waals surface area (Å²) in [6, 6.07) is 65.6. The van der Waals surface area contributed by atoms with Crippen LogP contribution in [0.15, 0.2) is 188 Å². The average Bonchev–Trinajstić information content (AvgIpc) is 3.17. The first-order chi connectivity index (χ1) is 23.7. The SMILES string of the molecule is O=P(c1ccccc1)(c1ccc(-c2cccc3ccccc23)c2ccccc12)c1ccc(-c2cccc3ccccc23)c2ccccc12. The molecule has 226 valence electrons. The predicted octanol–water partition coefficient (Wildman–Crippen LogP) is 11.3. The summed E-state index contributed by atoms with van der Waals surface area (Å²) in [4.78, 5) is 0. The van der Waals surface area contributed by atoms with Gasteiger partial charge in [0, 0.05) is 15.9 Å². The van der Waals surface area contributed by atoms with E-state index in [4.69, 9.17) is 0 Å². The van der Waals surface area contributed by atoms with Crippen molar-refractivity contribution in [2.45, 2.75) is 0 Å². The van der Waals surface area contributed by atoms with E-state index < -0.39 is 7.14 Å². The van der Waals surface area contributed by atoms with E-state index in [1.165, 1.54) is 32.7 Å². The molecule has 0 fully saturated rings. The van der Waals surface area contributed by atoms with Crippen molar-refractivity contribution < 1.29 is 4.57 Å². The second-order valence-corrected chi connectivity index (χ2v) is 15.1. The highest BCUT2D eigenvalue weighted by Gasteiger charge is 2.34. The molecule has 0 bridgehead atoms. The van der Waals surface area contributed by atoms with Gasteiger partial charge in [0.05, 0.1) is 0 Å². The van der Waals surface area contributed by atoms with E-state index in [-0.39, 0.29) is 0 Å². The van der Waals surface area contributed by atoms with Crippen LogP contribution in [0.2, 0.25) is 0 Å². The van der Waals surface area contributed by atoms with Crippen LogP contribution in [-0.2, 0) is 4.57 Å². The van der Waals surface area contributed by atoms with Crippen molar-refractivity contribution >= 4 is 66.1 Å². The molecule has 0 saturated carbocycles. The Morgan fingerprint density at radius 2 is 0.625 bits per heavy atom.